The molecule has 1 aliphatic heterocycles. The minimum atomic E-state index is -0.471. The van der Waals surface area contributed by atoms with Crippen LogP contribution in [0.2, 0.25) is 0 Å². The lowest BCUT2D eigenvalue weighted by Gasteiger charge is -2.28. The van der Waals surface area contributed by atoms with Crippen LogP contribution in [-0.4, -0.2) is 34.4 Å². The first kappa shape index (κ1) is 17.7. The fourth-order valence-corrected chi connectivity index (χ4v) is 3.09. The lowest BCUT2D eigenvalue weighted by molar-refractivity contribution is -0.131. The molecule has 1 unspecified atom stereocenters. The van der Waals surface area contributed by atoms with Crippen LogP contribution in [0.5, 0.6) is 28.7 Å². The molecule has 6 nitrogen and oxygen atoms in total. The van der Waals surface area contributed by atoms with Gasteiger partial charge in [0.25, 0.3) is 0 Å². The van der Waals surface area contributed by atoms with E-state index in [1.54, 1.807) is 45.6 Å². The van der Waals surface area contributed by atoms with Crippen LogP contribution in [-0.2, 0) is 4.79 Å². The smallest absolute Gasteiger partial charge is 0.339 e. The summed E-state index contributed by atoms with van der Waals surface area (Å²) in [4.78, 5) is 12.3. The maximum atomic E-state index is 12.3. The molecule has 0 aliphatic carbocycles. The molecule has 0 fully saturated rings. The summed E-state index contributed by atoms with van der Waals surface area (Å²) in [5.41, 5.74) is 1.87. The molecule has 2 aromatic carbocycles. The molecular weight excluding hydrogens is 336 g/mol. The number of carbonyl (C=O) groups excluding carboxylic acids is 1. The average Bonchev–Trinajstić information content (AvgIpc) is 2.67. The lowest BCUT2D eigenvalue weighted by Crippen LogP contribution is -2.24. The zero-order chi connectivity index (χ0) is 18.8. The van der Waals surface area contributed by atoms with Gasteiger partial charge < -0.3 is 23.7 Å². The number of methoxy groups -OCH3 is 4. The van der Waals surface area contributed by atoms with Gasteiger partial charge in [0.05, 0.1) is 28.4 Å². The van der Waals surface area contributed by atoms with Crippen molar-refractivity contribution in [2.75, 3.05) is 28.4 Å². The Bertz CT molecular complexity index is 846. The molecule has 6 heteroatoms. The van der Waals surface area contributed by atoms with Gasteiger partial charge in [0.2, 0.25) is 5.75 Å². The SMILES string of the molecule is C=C1C(=O)Oc2ccc(OC)cc2C1c1cc(OC)c(OC)c(OC)c1. The first-order valence-electron chi connectivity index (χ1n) is 7.92. The zero-order valence-electron chi connectivity index (χ0n) is 15.1. The van der Waals surface area contributed by atoms with Crippen molar-refractivity contribution < 1.29 is 28.5 Å². The molecule has 1 heterocycles. The fourth-order valence-electron chi connectivity index (χ4n) is 3.09. The molecule has 0 bridgehead atoms. The number of rotatable bonds is 5. The highest BCUT2D eigenvalue weighted by atomic mass is 16.5. The Morgan fingerprint density at radius 3 is 2.12 bits per heavy atom. The topological polar surface area (TPSA) is 63.2 Å². The van der Waals surface area contributed by atoms with Crippen LogP contribution in [0.1, 0.15) is 17.0 Å². The zero-order valence-corrected chi connectivity index (χ0v) is 15.1. The summed E-state index contributed by atoms with van der Waals surface area (Å²) < 4.78 is 26.9. The molecule has 1 aliphatic rings. The van der Waals surface area contributed by atoms with E-state index in [4.69, 9.17) is 23.7 Å². The summed E-state index contributed by atoms with van der Waals surface area (Å²) in [5, 5.41) is 0. The van der Waals surface area contributed by atoms with E-state index in [1.807, 2.05) is 6.07 Å². The molecule has 0 aromatic heterocycles. The van der Waals surface area contributed by atoms with Gasteiger partial charge in [0, 0.05) is 17.1 Å². The number of benzene rings is 2. The van der Waals surface area contributed by atoms with E-state index in [0.29, 0.717) is 34.3 Å². The highest BCUT2D eigenvalue weighted by Gasteiger charge is 2.34. The molecule has 0 spiro atoms. The molecule has 0 saturated carbocycles. The number of carbonyl (C=O) groups is 1. The van der Waals surface area contributed by atoms with Gasteiger partial charge in [-0.1, -0.05) is 6.58 Å². The summed E-state index contributed by atoms with van der Waals surface area (Å²) in [6.07, 6.45) is 0. The number of hydrogen-bond acceptors (Lipinski definition) is 6. The number of ether oxygens (including phenoxy) is 5. The molecule has 1 atom stereocenters. The average molecular weight is 356 g/mol. The van der Waals surface area contributed by atoms with Crippen LogP contribution in [0.3, 0.4) is 0 Å². The van der Waals surface area contributed by atoms with Crippen molar-refractivity contribution in [2.24, 2.45) is 0 Å². The molecular formula is C20H20O6. The monoisotopic (exact) mass is 356 g/mol. The minimum Gasteiger partial charge on any atom is -0.497 e. The minimum absolute atomic E-state index is 0.319. The highest BCUT2D eigenvalue weighted by Crippen LogP contribution is 2.47. The Morgan fingerprint density at radius 2 is 1.58 bits per heavy atom. The number of hydrogen-bond donors (Lipinski definition) is 0. The van der Waals surface area contributed by atoms with Gasteiger partial charge in [-0.2, -0.15) is 0 Å². The maximum absolute atomic E-state index is 12.3. The standard InChI is InChI=1S/C20H20O6/c1-11-18(12-8-16(23-3)19(25-5)17(9-12)24-4)14-10-13(22-2)6-7-15(14)26-20(11)21/h6-10,18H,1H2,2-5H3. The largest absolute Gasteiger partial charge is 0.497 e. The van der Waals surface area contributed by atoms with E-state index in [9.17, 15) is 4.79 Å². The molecule has 2 aromatic rings. The second kappa shape index (κ2) is 7.00. The van der Waals surface area contributed by atoms with Crippen LogP contribution in [0.4, 0.5) is 0 Å². The van der Waals surface area contributed by atoms with Gasteiger partial charge >= 0.3 is 5.97 Å². The first-order valence-corrected chi connectivity index (χ1v) is 7.92. The maximum Gasteiger partial charge on any atom is 0.339 e. The molecule has 0 saturated heterocycles. The lowest BCUT2D eigenvalue weighted by atomic mass is 9.83. The van der Waals surface area contributed by atoms with Crippen molar-refractivity contribution in [2.45, 2.75) is 5.92 Å². The normalized spacial score (nSPS) is 15.8. The summed E-state index contributed by atoms with van der Waals surface area (Å²) in [6.45, 7) is 3.93. The Kier molecular flexibility index (Phi) is 4.75. The van der Waals surface area contributed by atoms with Crippen molar-refractivity contribution in [1.82, 2.24) is 0 Å². The summed E-state index contributed by atoms with van der Waals surface area (Å²) in [5.74, 6) is 1.72. The molecule has 26 heavy (non-hydrogen) atoms. The Labute approximate surface area is 151 Å². The Morgan fingerprint density at radius 1 is 0.923 bits per heavy atom. The van der Waals surface area contributed by atoms with Gasteiger partial charge in [-0.15, -0.1) is 0 Å². The molecule has 0 amide bonds. The van der Waals surface area contributed by atoms with Crippen LogP contribution in [0, 0.1) is 0 Å². The van der Waals surface area contributed by atoms with Crippen LogP contribution in [0.25, 0.3) is 0 Å². The predicted octanol–water partition coefficient (Wildman–Crippen LogP) is 3.33. The second-order valence-corrected chi connectivity index (χ2v) is 5.71. The van der Waals surface area contributed by atoms with Crippen LogP contribution >= 0.6 is 0 Å². The first-order chi connectivity index (χ1) is 12.5. The van der Waals surface area contributed by atoms with E-state index >= 15 is 0 Å². The van der Waals surface area contributed by atoms with Crippen molar-refractivity contribution in [3.63, 3.8) is 0 Å². The molecule has 136 valence electrons. The third-order valence-corrected chi connectivity index (χ3v) is 4.36. The van der Waals surface area contributed by atoms with Crippen molar-refractivity contribution >= 4 is 5.97 Å². The van der Waals surface area contributed by atoms with E-state index in [2.05, 4.69) is 6.58 Å². The summed E-state index contributed by atoms with van der Waals surface area (Å²) in [7, 11) is 6.21. The van der Waals surface area contributed by atoms with E-state index < -0.39 is 11.9 Å². The van der Waals surface area contributed by atoms with E-state index in [0.717, 1.165) is 11.1 Å². The van der Waals surface area contributed by atoms with E-state index in [-0.39, 0.29) is 0 Å². The second-order valence-electron chi connectivity index (χ2n) is 5.71. The third-order valence-electron chi connectivity index (χ3n) is 4.36. The third kappa shape index (κ3) is 2.83. The van der Waals surface area contributed by atoms with Crippen molar-refractivity contribution in [1.29, 1.82) is 0 Å². The fraction of sp³-hybridized carbons (Fsp3) is 0.250. The highest BCUT2D eigenvalue weighted by molar-refractivity contribution is 5.94. The van der Waals surface area contributed by atoms with Gasteiger partial charge in [-0.25, -0.2) is 4.79 Å². The quantitative estimate of drug-likeness (QED) is 0.465. The summed E-state index contributed by atoms with van der Waals surface area (Å²) >= 11 is 0. The predicted molar refractivity (Wildman–Crippen MR) is 95.7 cm³/mol. The summed E-state index contributed by atoms with van der Waals surface area (Å²) in [6, 6.07) is 8.90. The van der Waals surface area contributed by atoms with Gasteiger partial charge in [-0.05, 0) is 35.9 Å². The van der Waals surface area contributed by atoms with Gasteiger partial charge in [0.15, 0.2) is 11.5 Å². The van der Waals surface area contributed by atoms with Gasteiger partial charge in [0.1, 0.15) is 11.5 Å². The molecule has 0 radical (unpaired) electrons. The molecule has 3 rings (SSSR count). The van der Waals surface area contributed by atoms with Gasteiger partial charge in [-0.3, -0.25) is 0 Å². The van der Waals surface area contributed by atoms with E-state index in [1.165, 1.54) is 7.11 Å². The Hall–Kier alpha value is -3.15. The van der Waals surface area contributed by atoms with Crippen molar-refractivity contribution in [3.05, 3.63) is 53.6 Å². The van der Waals surface area contributed by atoms with Crippen molar-refractivity contribution in [3.8, 4) is 28.7 Å². The number of esters is 1. The number of fused-ring (bicyclic) bond motifs is 1. The van der Waals surface area contributed by atoms with Crippen LogP contribution < -0.4 is 23.7 Å². The molecule has 0 N–H and O–H groups in total. The Balaban J connectivity index is 2.22. The van der Waals surface area contributed by atoms with Crippen LogP contribution in [0.15, 0.2) is 42.5 Å².